The molecule has 2 aromatic carbocycles. The van der Waals surface area contributed by atoms with Crippen LogP contribution in [0, 0.1) is 5.95 Å². The minimum atomic E-state index is -2.87. The number of rotatable bonds is 6. The van der Waals surface area contributed by atoms with Gasteiger partial charge < -0.3 is 11.5 Å². The summed E-state index contributed by atoms with van der Waals surface area (Å²) >= 11 is 1.35. The van der Waals surface area contributed by atoms with E-state index in [-0.39, 0.29) is 11.6 Å². The Morgan fingerprint density at radius 3 is 2.48 bits per heavy atom. The highest BCUT2D eigenvalue weighted by molar-refractivity contribution is 7.18. The quantitative estimate of drug-likeness (QED) is 0.397. The zero-order chi connectivity index (χ0) is 22.2. The first kappa shape index (κ1) is 21.3. The van der Waals surface area contributed by atoms with E-state index in [4.69, 9.17) is 11.5 Å². The zero-order valence-electron chi connectivity index (χ0n) is 16.8. The first-order valence-corrected chi connectivity index (χ1v) is 10.5. The molecule has 0 amide bonds. The van der Waals surface area contributed by atoms with Crippen molar-refractivity contribution in [3.05, 3.63) is 77.5 Å². The Morgan fingerprint density at radius 1 is 1.03 bits per heavy atom. The van der Waals surface area contributed by atoms with Crippen molar-refractivity contribution < 1.29 is 13.2 Å². The number of hydrogen-bond acceptors (Lipinski definition) is 5. The highest BCUT2D eigenvalue weighted by Gasteiger charge is 2.24. The van der Waals surface area contributed by atoms with Crippen molar-refractivity contribution in [2.24, 2.45) is 5.73 Å². The summed E-state index contributed by atoms with van der Waals surface area (Å²) < 4.78 is 40.3. The summed E-state index contributed by atoms with van der Waals surface area (Å²) in [5.74, 6) is -3.41. The Hall–Kier alpha value is -2.97. The molecule has 1 atom stereocenters. The molecule has 0 aliphatic rings. The van der Waals surface area contributed by atoms with Crippen molar-refractivity contribution in [1.29, 1.82) is 0 Å². The normalized spacial score (nSPS) is 12.9. The van der Waals surface area contributed by atoms with Gasteiger partial charge in [-0.25, -0.2) is 18.7 Å². The van der Waals surface area contributed by atoms with E-state index in [1.165, 1.54) is 35.7 Å². The van der Waals surface area contributed by atoms with Crippen molar-refractivity contribution in [2.75, 3.05) is 5.73 Å². The van der Waals surface area contributed by atoms with Gasteiger partial charge in [0.1, 0.15) is 0 Å². The van der Waals surface area contributed by atoms with Crippen molar-refractivity contribution in [2.45, 2.75) is 31.7 Å². The average molecular weight is 443 g/mol. The van der Waals surface area contributed by atoms with Gasteiger partial charge in [0.05, 0.1) is 10.6 Å². The number of pyridine rings is 1. The number of benzene rings is 2. The minimum absolute atomic E-state index is 0.0256. The second-order valence-electron chi connectivity index (χ2n) is 7.65. The molecule has 0 aliphatic carbocycles. The first-order chi connectivity index (χ1) is 14.7. The lowest BCUT2D eigenvalue weighted by atomic mass is 9.98. The molecule has 0 bridgehead atoms. The molecule has 0 aliphatic heterocycles. The topological polar surface area (TPSA) is 77.8 Å². The van der Waals surface area contributed by atoms with Crippen LogP contribution >= 0.6 is 11.3 Å². The van der Waals surface area contributed by atoms with E-state index in [1.807, 2.05) is 18.2 Å². The van der Waals surface area contributed by atoms with Crippen LogP contribution in [0.3, 0.4) is 0 Å². The number of nitrogen functional groups attached to an aromatic ring is 1. The number of anilines is 1. The van der Waals surface area contributed by atoms with Crippen LogP contribution in [0.25, 0.3) is 21.2 Å². The Balaban J connectivity index is 1.55. The Bertz CT molecular complexity index is 1220. The molecule has 31 heavy (non-hydrogen) atoms. The van der Waals surface area contributed by atoms with Crippen molar-refractivity contribution in [1.82, 2.24) is 9.97 Å². The van der Waals surface area contributed by atoms with Crippen LogP contribution in [0.5, 0.6) is 0 Å². The molecule has 160 valence electrons. The summed E-state index contributed by atoms with van der Waals surface area (Å²) in [5, 5.41) is 2.00. The van der Waals surface area contributed by atoms with Gasteiger partial charge >= 0.3 is 0 Å². The lowest BCUT2D eigenvalue weighted by Gasteiger charge is -2.14. The first-order valence-electron chi connectivity index (χ1n) is 9.73. The van der Waals surface area contributed by atoms with E-state index < -0.39 is 11.9 Å². The molecule has 0 unspecified atom stereocenters. The predicted molar refractivity (Wildman–Crippen MR) is 119 cm³/mol. The van der Waals surface area contributed by atoms with Gasteiger partial charge in [-0.05, 0) is 29.0 Å². The minimum Gasteiger partial charge on any atom is -0.375 e. The Labute approximate surface area is 181 Å². The third kappa shape index (κ3) is 4.86. The van der Waals surface area contributed by atoms with Crippen LogP contribution in [0.4, 0.5) is 18.3 Å². The maximum absolute atomic E-state index is 13.5. The molecule has 0 saturated carbocycles. The maximum Gasteiger partial charge on any atom is 0.270 e. The number of nitrogens with two attached hydrogens (primary N) is 2. The zero-order valence-corrected chi connectivity index (χ0v) is 17.6. The molecule has 4 aromatic rings. The lowest BCUT2D eigenvalue weighted by molar-refractivity contribution is 0.0174. The number of fused-ring (bicyclic) bond motifs is 1. The standard InChI is InChI=1S/C23H21F3N4S/c1-23(25,26)17-6-2-13(3-7-17)8-18(27)11-19-21(31-22(28)30-19)14-4-5-15-12-29-20(24)10-16(15)9-14/h2-7,9-10,12,18H,8,11,27H2,1H3,(H2,28,30)/t18-/m0/s1. The van der Waals surface area contributed by atoms with E-state index in [0.29, 0.717) is 18.0 Å². The van der Waals surface area contributed by atoms with Crippen LogP contribution < -0.4 is 11.5 Å². The molecule has 2 heterocycles. The van der Waals surface area contributed by atoms with E-state index in [1.54, 1.807) is 12.1 Å². The highest BCUT2D eigenvalue weighted by atomic mass is 32.1. The van der Waals surface area contributed by atoms with Crippen LogP contribution in [0.1, 0.15) is 23.7 Å². The van der Waals surface area contributed by atoms with Crippen molar-refractivity contribution >= 4 is 27.2 Å². The van der Waals surface area contributed by atoms with Gasteiger partial charge in [-0.1, -0.05) is 47.7 Å². The summed E-state index contributed by atoms with van der Waals surface area (Å²) in [7, 11) is 0. The molecule has 4 rings (SSSR count). The number of thiazole rings is 1. The smallest absolute Gasteiger partial charge is 0.270 e. The van der Waals surface area contributed by atoms with Gasteiger partial charge in [0.2, 0.25) is 5.95 Å². The second kappa shape index (κ2) is 8.28. The molecule has 8 heteroatoms. The van der Waals surface area contributed by atoms with E-state index >= 15 is 0 Å². The van der Waals surface area contributed by atoms with Crippen molar-refractivity contribution in [3.63, 3.8) is 0 Å². The second-order valence-corrected chi connectivity index (χ2v) is 8.68. The number of aromatic nitrogens is 2. The van der Waals surface area contributed by atoms with Crippen molar-refractivity contribution in [3.8, 4) is 10.4 Å². The van der Waals surface area contributed by atoms with Crippen LogP contribution in [-0.4, -0.2) is 16.0 Å². The number of nitrogens with zero attached hydrogens (tertiary/aromatic N) is 2. The third-order valence-electron chi connectivity index (χ3n) is 5.08. The Kier molecular flexibility index (Phi) is 5.68. The van der Waals surface area contributed by atoms with Gasteiger partial charge in [-0.15, -0.1) is 0 Å². The van der Waals surface area contributed by atoms with Gasteiger partial charge in [0, 0.05) is 42.6 Å². The van der Waals surface area contributed by atoms with Gasteiger partial charge in [-0.2, -0.15) is 4.39 Å². The van der Waals surface area contributed by atoms with Gasteiger partial charge in [-0.3, -0.25) is 0 Å². The Morgan fingerprint density at radius 2 is 1.77 bits per heavy atom. The number of alkyl halides is 2. The van der Waals surface area contributed by atoms with Gasteiger partial charge in [0.15, 0.2) is 5.13 Å². The molecule has 0 radical (unpaired) electrons. The monoisotopic (exact) mass is 442 g/mol. The van der Waals surface area contributed by atoms with Crippen LogP contribution in [0.2, 0.25) is 0 Å². The summed E-state index contributed by atoms with van der Waals surface area (Å²) in [6.45, 7) is 0.875. The summed E-state index contributed by atoms with van der Waals surface area (Å²) in [6.07, 6.45) is 2.48. The third-order valence-corrected chi connectivity index (χ3v) is 6.05. The molecule has 0 fully saturated rings. The summed E-state index contributed by atoms with van der Waals surface area (Å²) in [5.41, 5.74) is 14.8. The van der Waals surface area contributed by atoms with Crippen LogP contribution in [0.15, 0.2) is 54.7 Å². The summed E-state index contributed by atoms with van der Waals surface area (Å²) in [6, 6.07) is 13.0. The maximum atomic E-state index is 13.5. The fourth-order valence-corrected chi connectivity index (χ4v) is 4.40. The summed E-state index contributed by atoms with van der Waals surface area (Å²) in [4.78, 5) is 9.00. The fraction of sp³-hybridized carbons (Fsp3) is 0.217. The average Bonchev–Trinajstić information content (AvgIpc) is 3.07. The largest absolute Gasteiger partial charge is 0.375 e. The van der Waals surface area contributed by atoms with E-state index in [9.17, 15) is 13.2 Å². The molecule has 4 N–H and O–H groups in total. The highest BCUT2D eigenvalue weighted by Crippen LogP contribution is 2.34. The fourth-order valence-electron chi connectivity index (χ4n) is 3.55. The van der Waals surface area contributed by atoms with Gasteiger partial charge in [0.25, 0.3) is 5.92 Å². The molecule has 2 aromatic heterocycles. The number of halogens is 3. The SMILES string of the molecule is CC(F)(F)c1ccc(C[C@H](N)Cc2nc(N)sc2-c2ccc3cnc(F)cc3c2)cc1. The molecule has 0 saturated heterocycles. The predicted octanol–water partition coefficient (Wildman–Crippen LogP) is 5.30. The molecular formula is C23H21F3N4S. The molecule has 0 spiro atoms. The van der Waals surface area contributed by atoms with E-state index in [0.717, 1.165) is 39.4 Å². The molecule has 4 nitrogen and oxygen atoms in total. The lowest BCUT2D eigenvalue weighted by Crippen LogP contribution is -2.26. The number of hydrogen-bond donors (Lipinski definition) is 2. The van der Waals surface area contributed by atoms with Crippen LogP contribution in [-0.2, 0) is 18.8 Å². The van der Waals surface area contributed by atoms with E-state index in [2.05, 4.69) is 9.97 Å². The molecular weight excluding hydrogens is 421 g/mol.